The molecule has 0 N–H and O–H groups in total. The number of rotatable bonds is 10. The Labute approximate surface area is 618 Å². The number of aromatic nitrogens is 12. The molecule has 0 unspecified atom stereocenters. The molecule has 0 spiro atoms. The minimum atomic E-state index is 0.570. The topological polar surface area (TPSA) is 123 Å². The molecule has 0 bridgehead atoms. The maximum Gasteiger partial charge on any atom is 0.235 e. The smallest absolute Gasteiger partial charge is 0.235 e. The van der Waals surface area contributed by atoms with Crippen molar-refractivity contribution in [1.29, 1.82) is 0 Å². The van der Waals surface area contributed by atoms with E-state index in [0.29, 0.717) is 11.9 Å². The van der Waals surface area contributed by atoms with Gasteiger partial charge in [-0.25, -0.2) is 19.9 Å². The minimum Gasteiger partial charge on any atom is -0.309 e. The molecule has 0 amide bonds. The molecule has 10 aromatic heterocycles. The molecule has 22 aromatic rings. The number of benzene rings is 12. The molecule has 0 saturated carbocycles. The summed E-state index contributed by atoms with van der Waals surface area (Å²) in [5, 5.41) is 14.4. The van der Waals surface area contributed by atoms with Gasteiger partial charge < -0.3 is 9.13 Å². The Morgan fingerprint density at radius 2 is 0.491 bits per heavy atom. The van der Waals surface area contributed by atoms with Crippen molar-refractivity contribution in [3.05, 3.63) is 365 Å². The van der Waals surface area contributed by atoms with E-state index in [1.807, 2.05) is 84.9 Å². The van der Waals surface area contributed by atoms with E-state index >= 15 is 0 Å². The van der Waals surface area contributed by atoms with E-state index in [4.69, 9.17) is 19.9 Å². The van der Waals surface area contributed by atoms with Crippen molar-refractivity contribution in [3.8, 4) is 91.1 Å². The molecule has 0 fully saturated rings. The van der Waals surface area contributed by atoms with Gasteiger partial charge in [0.1, 0.15) is 0 Å². The fourth-order valence-corrected chi connectivity index (χ4v) is 15.9. The van der Waals surface area contributed by atoms with Crippen molar-refractivity contribution in [2.45, 2.75) is 0 Å². The maximum atomic E-state index is 5.12. The molecule has 0 aliphatic rings. The second-order valence-electron chi connectivity index (χ2n) is 27.1. The molecule has 12 heteroatoms. The van der Waals surface area contributed by atoms with Crippen LogP contribution in [0.3, 0.4) is 0 Å². The average Bonchev–Trinajstić information content (AvgIpc) is 1.59. The highest BCUT2D eigenvalue weighted by Crippen LogP contribution is 2.43. The lowest BCUT2D eigenvalue weighted by Crippen LogP contribution is -2.04. The summed E-state index contributed by atoms with van der Waals surface area (Å²) in [6.07, 6.45) is 7.16. The largest absolute Gasteiger partial charge is 0.309 e. The molecular weight excluding hydrogens is 1320 g/mol. The zero-order valence-corrected chi connectivity index (χ0v) is 58.0. The van der Waals surface area contributed by atoms with Gasteiger partial charge in [0.2, 0.25) is 11.9 Å². The summed E-state index contributed by atoms with van der Waals surface area (Å²) in [6.45, 7) is 0. The van der Waals surface area contributed by atoms with Crippen LogP contribution in [0.2, 0.25) is 0 Å². The van der Waals surface area contributed by atoms with Gasteiger partial charge >= 0.3 is 0 Å². The van der Waals surface area contributed by atoms with Gasteiger partial charge in [0.05, 0.1) is 95.4 Å². The highest BCUT2D eigenvalue weighted by molar-refractivity contribution is 6.15. The number of hydrogen-bond acceptors (Lipinski definition) is 8. The molecule has 12 nitrogen and oxygen atoms in total. The fourth-order valence-electron chi connectivity index (χ4n) is 15.9. The van der Waals surface area contributed by atoms with Crippen LogP contribution in [-0.4, -0.2) is 58.1 Å². The molecule has 0 radical (unpaired) electrons. The van der Waals surface area contributed by atoms with Crippen LogP contribution < -0.4 is 0 Å². The summed E-state index contributed by atoms with van der Waals surface area (Å²) >= 11 is 0. The number of pyridine rings is 4. The third-order valence-corrected chi connectivity index (χ3v) is 20.9. The average molecular weight is 1380 g/mol. The quantitative estimate of drug-likeness (QED) is 0.133. The SMILES string of the molecule is c1ccc(-c2cc(-c3ccccn3)nc(-n3c4ccccc4c4cc(-c5ccc6c(c5)c5ccccc5n6-c5ccc6ccccc6c5)ccc43)n2)nc1.c1ccc(-c2cc(-c3ccccn3)nc(-n3c4ccccc4c4cc(-c5ccc6c(c5)c5ccccc5n6-c5cccc6ccccc56)ccc43)n2)nc1. The van der Waals surface area contributed by atoms with Gasteiger partial charge in [-0.2, -0.15) is 0 Å². The van der Waals surface area contributed by atoms with Gasteiger partial charge in [-0.15, -0.1) is 0 Å². The van der Waals surface area contributed by atoms with Crippen LogP contribution in [0.1, 0.15) is 0 Å². The van der Waals surface area contributed by atoms with E-state index in [1.54, 1.807) is 24.8 Å². The van der Waals surface area contributed by atoms with Crippen molar-refractivity contribution >= 4 is 109 Å². The van der Waals surface area contributed by atoms with Gasteiger partial charge in [0, 0.05) is 79.0 Å². The summed E-state index contributed by atoms with van der Waals surface area (Å²) < 4.78 is 9.12. The van der Waals surface area contributed by atoms with Crippen LogP contribution in [-0.2, 0) is 0 Å². The highest BCUT2D eigenvalue weighted by atomic mass is 15.2. The molecular formula is C96H60N12. The Bertz CT molecular complexity index is 7180. The Morgan fingerprint density at radius 1 is 0.176 bits per heavy atom. The monoisotopic (exact) mass is 1380 g/mol. The number of fused-ring (bicyclic) bond motifs is 14. The van der Waals surface area contributed by atoms with Gasteiger partial charge in [0.25, 0.3) is 0 Å². The van der Waals surface area contributed by atoms with Crippen LogP contribution in [0.5, 0.6) is 0 Å². The normalized spacial score (nSPS) is 11.7. The second kappa shape index (κ2) is 25.5. The lowest BCUT2D eigenvalue weighted by molar-refractivity contribution is 0.988. The van der Waals surface area contributed by atoms with Gasteiger partial charge in [-0.1, -0.05) is 188 Å². The van der Waals surface area contributed by atoms with Crippen LogP contribution in [0.4, 0.5) is 0 Å². The standard InChI is InChI=1S/2C48H30N6/c1-2-14-34-31(12-1)13-11-21-43(34)53-44-19-5-3-15-35(44)37-28-32(22-24-46(37)53)33-23-25-47-38(29-33)36-16-4-6-20-45(36)54(47)48-51-41(39-17-7-9-26-49-39)30-42(52-48)40-18-8-10-27-50-40;1-2-12-32-27-35(22-19-31(32)11-1)53-44-17-5-3-13-36(44)38-28-33(20-23-46(38)53)34-21-24-47-39(29-34)37-14-4-6-18-45(37)54(47)48-51-42(40-15-7-9-25-49-40)30-43(52-48)41-16-8-10-26-50-41/h2*1-30H. The Morgan fingerprint density at radius 3 is 0.898 bits per heavy atom. The Kier molecular flexibility index (Phi) is 14.6. The van der Waals surface area contributed by atoms with Gasteiger partial charge in [-0.3, -0.25) is 29.1 Å². The van der Waals surface area contributed by atoms with Crippen molar-refractivity contribution in [3.63, 3.8) is 0 Å². The molecule has 22 rings (SSSR count). The molecule has 0 aliphatic carbocycles. The number of nitrogens with zero attached hydrogens (tertiary/aromatic N) is 12. The van der Waals surface area contributed by atoms with Crippen molar-refractivity contribution in [1.82, 2.24) is 58.1 Å². The van der Waals surface area contributed by atoms with Crippen molar-refractivity contribution < 1.29 is 0 Å². The molecule has 0 saturated heterocycles. The Balaban J connectivity index is 0.000000138. The zero-order valence-electron chi connectivity index (χ0n) is 58.0. The lowest BCUT2D eigenvalue weighted by atomic mass is 10.0. The van der Waals surface area contributed by atoms with E-state index in [0.717, 1.165) is 117 Å². The van der Waals surface area contributed by atoms with Gasteiger partial charge in [0.15, 0.2) is 0 Å². The fraction of sp³-hybridized carbons (Fsp3) is 0. The third-order valence-electron chi connectivity index (χ3n) is 20.9. The molecule has 0 atom stereocenters. The van der Waals surface area contributed by atoms with Crippen LogP contribution in [0.15, 0.2) is 365 Å². The van der Waals surface area contributed by atoms with Crippen molar-refractivity contribution in [2.24, 2.45) is 0 Å². The minimum absolute atomic E-state index is 0.570. The van der Waals surface area contributed by atoms with E-state index in [1.165, 1.54) is 70.8 Å². The first-order chi connectivity index (χ1) is 53.5. The summed E-state index contributed by atoms with van der Waals surface area (Å²) in [5.41, 5.74) is 21.9. The summed E-state index contributed by atoms with van der Waals surface area (Å²) in [5.74, 6) is 1.14. The first-order valence-electron chi connectivity index (χ1n) is 36.1. The number of hydrogen-bond donors (Lipinski definition) is 0. The van der Waals surface area contributed by atoms with Gasteiger partial charge in [-0.05, 0) is 190 Å². The van der Waals surface area contributed by atoms with Crippen LogP contribution in [0.25, 0.3) is 200 Å². The highest BCUT2D eigenvalue weighted by Gasteiger charge is 2.23. The molecule has 504 valence electrons. The summed E-state index contributed by atoms with van der Waals surface area (Å²) in [4.78, 5) is 39.0. The van der Waals surface area contributed by atoms with E-state index in [2.05, 4.69) is 293 Å². The lowest BCUT2D eigenvalue weighted by Gasteiger charge is -2.12. The molecule has 108 heavy (non-hydrogen) atoms. The Hall–Kier alpha value is -14.9. The summed E-state index contributed by atoms with van der Waals surface area (Å²) in [6, 6.07) is 119. The van der Waals surface area contributed by atoms with Crippen LogP contribution in [0, 0.1) is 0 Å². The molecule has 12 aromatic carbocycles. The second-order valence-corrected chi connectivity index (χ2v) is 27.1. The summed E-state index contributed by atoms with van der Waals surface area (Å²) in [7, 11) is 0. The van der Waals surface area contributed by atoms with E-state index < -0.39 is 0 Å². The van der Waals surface area contributed by atoms with Crippen molar-refractivity contribution in [2.75, 3.05) is 0 Å². The van der Waals surface area contributed by atoms with Crippen LogP contribution >= 0.6 is 0 Å². The maximum absolute atomic E-state index is 5.12. The predicted molar refractivity (Wildman–Crippen MR) is 440 cm³/mol. The third kappa shape index (κ3) is 10.4. The molecule has 10 heterocycles. The first kappa shape index (κ1) is 61.8. The predicted octanol–water partition coefficient (Wildman–Crippen LogP) is 23.2. The van der Waals surface area contributed by atoms with E-state index in [-0.39, 0.29) is 0 Å². The first-order valence-corrected chi connectivity index (χ1v) is 36.1. The number of para-hydroxylation sites is 4. The van der Waals surface area contributed by atoms with E-state index in [9.17, 15) is 0 Å². The zero-order chi connectivity index (χ0) is 71.2. The molecule has 0 aliphatic heterocycles.